The van der Waals surface area contributed by atoms with Gasteiger partial charge in [0.1, 0.15) is 5.60 Å². The maximum absolute atomic E-state index is 11.6. The summed E-state index contributed by atoms with van der Waals surface area (Å²) in [5.41, 5.74) is 0.442. The highest BCUT2D eigenvalue weighted by molar-refractivity contribution is 7.11. The highest BCUT2D eigenvalue weighted by Gasteiger charge is 2.39. The van der Waals surface area contributed by atoms with Crippen LogP contribution in [0.3, 0.4) is 0 Å². The standard InChI is InChI=1S/C21H25NOS2/c1-17(16-22(2)13-12-18-8-4-3-5-9-18)21(23,19-10-6-14-24-19)20-11-7-15-25-20/h3-11,14-15,17,23H,12-13,16H2,1-2H3. The molecule has 3 rings (SSSR count). The van der Waals surface area contributed by atoms with Crippen LogP contribution in [-0.4, -0.2) is 30.1 Å². The lowest BCUT2D eigenvalue weighted by molar-refractivity contribution is 0.0173. The highest BCUT2D eigenvalue weighted by Crippen LogP contribution is 2.41. The quantitative estimate of drug-likeness (QED) is 0.611. The molecule has 0 aliphatic carbocycles. The average molecular weight is 372 g/mol. The minimum atomic E-state index is -0.913. The van der Waals surface area contributed by atoms with E-state index in [1.165, 1.54) is 5.56 Å². The van der Waals surface area contributed by atoms with Crippen molar-refractivity contribution >= 4 is 22.7 Å². The van der Waals surface area contributed by atoms with E-state index in [0.29, 0.717) is 0 Å². The van der Waals surface area contributed by atoms with E-state index >= 15 is 0 Å². The zero-order chi connectivity index (χ0) is 17.7. The van der Waals surface area contributed by atoms with Crippen LogP contribution >= 0.6 is 22.7 Å². The second-order valence-electron chi connectivity index (χ2n) is 6.62. The summed E-state index contributed by atoms with van der Waals surface area (Å²) in [6.07, 6.45) is 1.03. The van der Waals surface area contributed by atoms with Gasteiger partial charge in [-0.15, -0.1) is 22.7 Å². The van der Waals surface area contributed by atoms with Gasteiger partial charge in [0.15, 0.2) is 0 Å². The second-order valence-corrected chi connectivity index (χ2v) is 8.52. The molecular formula is C21H25NOS2. The van der Waals surface area contributed by atoms with Crippen LogP contribution in [0.1, 0.15) is 22.2 Å². The zero-order valence-electron chi connectivity index (χ0n) is 14.8. The third-order valence-corrected chi connectivity index (χ3v) is 6.71. The Balaban J connectivity index is 1.69. The molecular weight excluding hydrogens is 346 g/mol. The van der Waals surface area contributed by atoms with Crippen LogP contribution in [0, 0.1) is 5.92 Å². The molecule has 1 N–H and O–H groups in total. The molecule has 0 radical (unpaired) electrons. The first-order valence-electron chi connectivity index (χ1n) is 8.63. The molecule has 2 nitrogen and oxygen atoms in total. The Kier molecular flexibility index (Phi) is 6.07. The number of hydrogen-bond donors (Lipinski definition) is 1. The second kappa shape index (κ2) is 8.28. The molecule has 0 fully saturated rings. The molecule has 0 spiro atoms. The van der Waals surface area contributed by atoms with Crippen molar-refractivity contribution < 1.29 is 5.11 Å². The van der Waals surface area contributed by atoms with Crippen LogP contribution in [0.4, 0.5) is 0 Å². The van der Waals surface area contributed by atoms with Gasteiger partial charge in [0.25, 0.3) is 0 Å². The van der Waals surface area contributed by atoms with Gasteiger partial charge in [-0.1, -0.05) is 49.4 Å². The molecule has 4 heteroatoms. The van der Waals surface area contributed by atoms with Crippen molar-refractivity contribution in [2.45, 2.75) is 18.9 Å². The Hall–Kier alpha value is -1.46. The first kappa shape index (κ1) is 18.3. The van der Waals surface area contributed by atoms with Crippen LogP contribution in [0.5, 0.6) is 0 Å². The molecule has 25 heavy (non-hydrogen) atoms. The maximum atomic E-state index is 11.6. The monoisotopic (exact) mass is 371 g/mol. The molecule has 1 atom stereocenters. The fraction of sp³-hybridized carbons (Fsp3) is 0.333. The Labute approximate surface area is 158 Å². The summed E-state index contributed by atoms with van der Waals surface area (Å²) in [5, 5.41) is 15.7. The van der Waals surface area contributed by atoms with Gasteiger partial charge in [-0.2, -0.15) is 0 Å². The van der Waals surface area contributed by atoms with E-state index in [1.807, 2.05) is 35.0 Å². The van der Waals surface area contributed by atoms with Crippen LogP contribution in [-0.2, 0) is 12.0 Å². The van der Waals surface area contributed by atoms with Crippen molar-refractivity contribution in [1.82, 2.24) is 4.90 Å². The maximum Gasteiger partial charge on any atom is 0.137 e. The zero-order valence-corrected chi connectivity index (χ0v) is 16.4. The predicted octanol–water partition coefficient (Wildman–Crippen LogP) is 4.86. The topological polar surface area (TPSA) is 23.5 Å². The number of hydrogen-bond acceptors (Lipinski definition) is 4. The first-order valence-corrected chi connectivity index (χ1v) is 10.4. The van der Waals surface area contributed by atoms with Gasteiger partial charge in [0.05, 0.1) is 0 Å². The summed E-state index contributed by atoms with van der Waals surface area (Å²) >= 11 is 3.26. The van der Waals surface area contributed by atoms with Crippen LogP contribution < -0.4 is 0 Å². The molecule has 0 saturated heterocycles. The lowest BCUT2D eigenvalue weighted by atomic mass is 9.85. The molecule has 132 valence electrons. The largest absolute Gasteiger partial charge is 0.378 e. The molecule has 2 aromatic heterocycles. The first-order chi connectivity index (χ1) is 12.1. The van der Waals surface area contributed by atoms with Gasteiger partial charge in [0, 0.05) is 28.8 Å². The summed E-state index contributed by atoms with van der Waals surface area (Å²) < 4.78 is 0. The van der Waals surface area contributed by atoms with E-state index < -0.39 is 5.60 Å². The van der Waals surface area contributed by atoms with Crippen LogP contribution in [0.2, 0.25) is 0 Å². The lowest BCUT2D eigenvalue weighted by Crippen LogP contribution is -2.40. The Morgan fingerprint density at radius 2 is 1.56 bits per heavy atom. The van der Waals surface area contributed by atoms with E-state index in [4.69, 9.17) is 0 Å². The molecule has 3 aromatic rings. The smallest absolute Gasteiger partial charge is 0.137 e. The molecule has 1 unspecified atom stereocenters. The van der Waals surface area contributed by atoms with Crippen molar-refractivity contribution in [3.05, 3.63) is 80.7 Å². The molecule has 0 amide bonds. The van der Waals surface area contributed by atoms with Crippen molar-refractivity contribution in [1.29, 1.82) is 0 Å². The van der Waals surface area contributed by atoms with Crippen LogP contribution in [0.15, 0.2) is 65.4 Å². The van der Waals surface area contributed by atoms with Gasteiger partial charge < -0.3 is 10.0 Å². The Morgan fingerprint density at radius 1 is 0.960 bits per heavy atom. The SMILES string of the molecule is CC(CN(C)CCc1ccccc1)C(O)(c1cccs1)c1cccs1. The van der Waals surface area contributed by atoms with Crippen molar-refractivity contribution in [2.24, 2.45) is 5.92 Å². The molecule has 0 aliphatic heterocycles. The molecule has 0 saturated carbocycles. The Bertz CT molecular complexity index is 703. The Morgan fingerprint density at radius 3 is 2.08 bits per heavy atom. The normalized spacial score (nSPS) is 13.3. The fourth-order valence-electron chi connectivity index (χ4n) is 3.25. The van der Waals surface area contributed by atoms with Gasteiger partial charge in [0.2, 0.25) is 0 Å². The number of benzene rings is 1. The van der Waals surface area contributed by atoms with Crippen molar-refractivity contribution in [3.63, 3.8) is 0 Å². The number of aliphatic hydroxyl groups is 1. The fourth-order valence-corrected chi connectivity index (χ4v) is 5.22. The number of thiophene rings is 2. The number of likely N-dealkylation sites (N-methyl/N-ethyl adjacent to an activating group) is 1. The van der Waals surface area contributed by atoms with E-state index in [2.05, 4.69) is 49.2 Å². The van der Waals surface area contributed by atoms with Gasteiger partial charge in [-0.05, 0) is 41.9 Å². The van der Waals surface area contributed by atoms with Gasteiger partial charge in [-0.3, -0.25) is 0 Å². The molecule has 0 aliphatic rings. The minimum Gasteiger partial charge on any atom is -0.378 e. The van der Waals surface area contributed by atoms with Gasteiger partial charge >= 0.3 is 0 Å². The summed E-state index contributed by atoms with van der Waals surface area (Å²) in [5.74, 6) is 0.102. The summed E-state index contributed by atoms with van der Waals surface area (Å²) in [6.45, 7) is 3.98. The highest BCUT2D eigenvalue weighted by atomic mass is 32.1. The number of nitrogens with zero attached hydrogens (tertiary/aromatic N) is 1. The third kappa shape index (κ3) is 4.21. The van der Waals surface area contributed by atoms with E-state index in [0.717, 1.165) is 29.3 Å². The average Bonchev–Trinajstić information content (AvgIpc) is 3.33. The van der Waals surface area contributed by atoms with E-state index in [-0.39, 0.29) is 5.92 Å². The van der Waals surface area contributed by atoms with Gasteiger partial charge in [-0.25, -0.2) is 0 Å². The predicted molar refractivity (Wildman–Crippen MR) is 108 cm³/mol. The summed E-state index contributed by atoms with van der Waals surface area (Å²) in [7, 11) is 2.14. The molecule has 1 aromatic carbocycles. The molecule has 2 heterocycles. The van der Waals surface area contributed by atoms with Crippen molar-refractivity contribution in [3.8, 4) is 0 Å². The summed E-state index contributed by atoms with van der Waals surface area (Å²) in [4.78, 5) is 4.38. The number of rotatable bonds is 8. The lowest BCUT2D eigenvalue weighted by Gasteiger charge is -2.35. The van der Waals surface area contributed by atoms with Crippen molar-refractivity contribution in [2.75, 3.05) is 20.1 Å². The third-order valence-electron chi connectivity index (χ3n) is 4.72. The van der Waals surface area contributed by atoms with Crippen LogP contribution in [0.25, 0.3) is 0 Å². The molecule has 0 bridgehead atoms. The minimum absolute atomic E-state index is 0.102. The van der Waals surface area contributed by atoms with E-state index in [1.54, 1.807) is 22.7 Å². The van der Waals surface area contributed by atoms with E-state index in [9.17, 15) is 5.11 Å². The summed E-state index contributed by atoms with van der Waals surface area (Å²) in [6, 6.07) is 18.7.